The molecule has 1 fully saturated rings. The van der Waals surface area contributed by atoms with E-state index in [1.165, 1.54) is 28.0 Å². The number of ether oxygens (including phenoxy) is 2. The van der Waals surface area contributed by atoms with Gasteiger partial charge in [0, 0.05) is 17.0 Å². The molecule has 0 radical (unpaired) electrons. The monoisotopic (exact) mass is 737 g/mol. The molecule has 3 aromatic carbocycles. The summed E-state index contributed by atoms with van der Waals surface area (Å²) in [6.45, 7) is 6.23. The van der Waals surface area contributed by atoms with Crippen LogP contribution in [0, 0.1) is 13.8 Å². The summed E-state index contributed by atoms with van der Waals surface area (Å²) in [5, 5.41) is 21.5. The number of aryl methyl sites for hydroxylation is 2. The maximum Gasteiger partial charge on any atom is 0.301 e. The van der Waals surface area contributed by atoms with Gasteiger partial charge in [0.25, 0.3) is 5.78 Å². The number of benzene rings is 3. The summed E-state index contributed by atoms with van der Waals surface area (Å²) >= 11 is 8.96. The van der Waals surface area contributed by atoms with Crippen LogP contribution in [-0.4, -0.2) is 43.0 Å². The number of thioether (sulfide) groups is 1. The second-order valence-corrected chi connectivity index (χ2v) is 14.3. The van der Waals surface area contributed by atoms with Crippen molar-refractivity contribution in [1.82, 2.24) is 19.6 Å². The number of Topliss-reactive ketones (excluding diaryl/α,β-unsaturated/α-hetero) is 1. The van der Waals surface area contributed by atoms with Gasteiger partial charge in [-0.05, 0) is 67.3 Å². The van der Waals surface area contributed by atoms with Crippen molar-refractivity contribution in [2.24, 2.45) is 0 Å². The Kier molecular flexibility index (Phi) is 9.81. The van der Waals surface area contributed by atoms with E-state index in [1.807, 2.05) is 91.2 Å². The number of anilines is 1. The van der Waals surface area contributed by atoms with Crippen molar-refractivity contribution in [3.05, 3.63) is 135 Å². The molecule has 1 atom stereocenters. The number of halogens is 1. The number of aromatic nitrogens is 4. The summed E-state index contributed by atoms with van der Waals surface area (Å²) in [6.07, 6.45) is 1.84. The number of rotatable bonds is 11. The van der Waals surface area contributed by atoms with Crippen molar-refractivity contribution in [3.8, 4) is 11.5 Å². The number of ketones is 1. The zero-order chi connectivity index (χ0) is 35.6. The number of fused-ring (bicyclic) bond motifs is 1. The lowest BCUT2D eigenvalue weighted by Gasteiger charge is -2.23. The first-order valence-corrected chi connectivity index (χ1v) is 18.3. The quantitative estimate of drug-likeness (QED) is 0.0460. The van der Waals surface area contributed by atoms with E-state index < -0.39 is 17.7 Å². The van der Waals surface area contributed by atoms with Crippen LogP contribution < -0.4 is 14.4 Å². The fourth-order valence-electron chi connectivity index (χ4n) is 5.95. The molecule has 0 saturated carbocycles. The minimum Gasteiger partial charge on any atom is -0.505 e. The molecule has 4 heterocycles. The Hall–Kier alpha value is -5.17. The number of aliphatic hydroxyl groups excluding tert-OH is 1. The Morgan fingerprint density at radius 2 is 1.75 bits per heavy atom. The fraction of sp³-hybridized carbons (Fsp3) is 0.184. The highest BCUT2D eigenvalue weighted by Gasteiger charge is 2.49. The lowest BCUT2D eigenvalue weighted by Crippen LogP contribution is -2.29. The Labute approximate surface area is 307 Å². The van der Waals surface area contributed by atoms with Gasteiger partial charge < -0.3 is 19.0 Å². The molecule has 3 aromatic heterocycles. The zero-order valence-electron chi connectivity index (χ0n) is 27.9. The van der Waals surface area contributed by atoms with E-state index in [4.69, 9.17) is 26.1 Å². The van der Waals surface area contributed by atoms with Crippen LogP contribution in [0.4, 0.5) is 5.13 Å². The van der Waals surface area contributed by atoms with E-state index in [0.717, 1.165) is 16.7 Å². The van der Waals surface area contributed by atoms with Gasteiger partial charge in [-0.15, -0.1) is 10.2 Å². The highest BCUT2D eigenvalue weighted by molar-refractivity contribution is 8.00. The summed E-state index contributed by atoms with van der Waals surface area (Å²) in [6, 6.07) is 25.2. The first-order chi connectivity index (χ1) is 24.7. The van der Waals surface area contributed by atoms with Gasteiger partial charge >= 0.3 is 5.91 Å². The zero-order valence-corrected chi connectivity index (χ0v) is 30.3. The summed E-state index contributed by atoms with van der Waals surface area (Å²) in [5.41, 5.74) is 4.63. The molecule has 1 unspecified atom stereocenters. The van der Waals surface area contributed by atoms with Crippen LogP contribution in [0.15, 0.2) is 101 Å². The number of pyridine rings is 1. The number of hydrogen-bond donors (Lipinski definition) is 1. The second kappa shape index (κ2) is 14.6. The lowest BCUT2D eigenvalue weighted by molar-refractivity contribution is -0.132. The maximum atomic E-state index is 14.0. The van der Waals surface area contributed by atoms with Crippen LogP contribution in [-0.2, 0) is 21.9 Å². The van der Waals surface area contributed by atoms with Gasteiger partial charge in [0.2, 0.25) is 5.13 Å². The number of nitrogens with zero attached hydrogens (tertiary/aromatic N) is 5. The third kappa shape index (κ3) is 6.69. The second-order valence-electron chi connectivity index (χ2n) is 11.7. The van der Waals surface area contributed by atoms with Crippen LogP contribution >= 0.6 is 34.7 Å². The maximum absolute atomic E-state index is 14.0. The summed E-state index contributed by atoms with van der Waals surface area (Å²) in [4.78, 5) is 34.0. The number of imidazole rings is 1. The third-order valence-corrected chi connectivity index (χ3v) is 11.0. The molecule has 1 amide bonds. The summed E-state index contributed by atoms with van der Waals surface area (Å²) in [7, 11) is 0. The molecule has 6 aromatic rings. The average molecular weight is 738 g/mol. The van der Waals surface area contributed by atoms with Gasteiger partial charge in [-0.3, -0.25) is 14.5 Å². The minimum atomic E-state index is -1.08. The van der Waals surface area contributed by atoms with Crippen molar-refractivity contribution in [2.45, 2.75) is 43.5 Å². The lowest BCUT2D eigenvalue weighted by atomic mass is 9.96. The number of carbonyl (C=O) groups is 2. The molecule has 0 spiro atoms. The molecule has 1 saturated heterocycles. The van der Waals surface area contributed by atoms with Gasteiger partial charge in [-0.2, -0.15) is 0 Å². The molecule has 51 heavy (non-hydrogen) atoms. The van der Waals surface area contributed by atoms with E-state index in [2.05, 4.69) is 10.2 Å². The molecule has 258 valence electrons. The van der Waals surface area contributed by atoms with E-state index >= 15 is 0 Å². The van der Waals surface area contributed by atoms with Crippen molar-refractivity contribution < 1.29 is 24.2 Å². The van der Waals surface area contributed by atoms with Crippen LogP contribution in [0.25, 0.3) is 11.4 Å². The summed E-state index contributed by atoms with van der Waals surface area (Å²) in [5.74, 6) is -0.660. The van der Waals surface area contributed by atoms with Crippen LogP contribution in [0.5, 0.6) is 11.5 Å². The van der Waals surface area contributed by atoms with Gasteiger partial charge in [0.15, 0.2) is 21.6 Å². The number of carbonyl (C=O) groups excluding carboxylic acids is 2. The largest absolute Gasteiger partial charge is 0.505 e. The normalized spacial score (nSPS) is 15.5. The third-order valence-electron chi connectivity index (χ3n) is 8.48. The molecule has 1 aliphatic rings. The van der Waals surface area contributed by atoms with Crippen LogP contribution in [0.1, 0.15) is 46.6 Å². The average Bonchev–Trinajstić information content (AvgIpc) is 3.82. The molecule has 1 aliphatic heterocycles. The molecule has 13 heteroatoms. The minimum absolute atomic E-state index is 0.120. The Bertz CT molecular complexity index is 2300. The topological polar surface area (TPSA) is 119 Å². The smallest absolute Gasteiger partial charge is 0.301 e. The highest BCUT2D eigenvalue weighted by Crippen LogP contribution is 2.46. The molecule has 10 nitrogen and oxygen atoms in total. The van der Waals surface area contributed by atoms with E-state index in [0.29, 0.717) is 56.7 Å². The number of hydrogen-bond acceptors (Lipinski definition) is 10. The van der Waals surface area contributed by atoms with Gasteiger partial charge in [-0.25, -0.2) is 4.98 Å². The standard InChI is InChI=1S/C38H32ClN5O5S2/c1-4-48-29-19-25(16-17-28(29)49-20-24-12-6-5-7-13-24)32-30(33(45)31-23(3)43-18-10-11-22(2)35(43)40-31)34(46)36(47)44(32)37-41-42-38(51-37)50-21-26-14-8-9-15-27(26)39/h5-19,32,45H,4,20-21H2,1-3H3. The van der Waals surface area contributed by atoms with Crippen molar-refractivity contribution in [3.63, 3.8) is 0 Å². The van der Waals surface area contributed by atoms with Crippen molar-refractivity contribution in [1.29, 1.82) is 0 Å². The predicted molar refractivity (Wildman–Crippen MR) is 199 cm³/mol. The Morgan fingerprint density at radius 3 is 2.51 bits per heavy atom. The molecular weight excluding hydrogens is 706 g/mol. The summed E-state index contributed by atoms with van der Waals surface area (Å²) < 4.78 is 14.6. The highest BCUT2D eigenvalue weighted by atomic mass is 35.5. The first-order valence-electron chi connectivity index (χ1n) is 16.1. The molecule has 0 aliphatic carbocycles. The van der Waals surface area contributed by atoms with E-state index in [9.17, 15) is 14.7 Å². The van der Waals surface area contributed by atoms with Gasteiger partial charge in [-0.1, -0.05) is 95.4 Å². The Morgan fingerprint density at radius 1 is 0.961 bits per heavy atom. The number of aliphatic hydroxyl groups is 1. The van der Waals surface area contributed by atoms with Crippen molar-refractivity contribution in [2.75, 3.05) is 11.5 Å². The van der Waals surface area contributed by atoms with E-state index in [-0.39, 0.29) is 22.2 Å². The molecule has 1 N–H and O–H groups in total. The van der Waals surface area contributed by atoms with Gasteiger partial charge in [0.05, 0.1) is 23.9 Å². The fourth-order valence-corrected chi connectivity index (χ4v) is 8.10. The first kappa shape index (κ1) is 34.3. The molecular formula is C38H32ClN5O5S2. The van der Waals surface area contributed by atoms with Crippen LogP contribution in [0.2, 0.25) is 5.02 Å². The number of amides is 1. The van der Waals surface area contributed by atoms with E-state index in [1.54, 1.807) is 25.1 Å². The Balaban J connectivity index is 1.32. The van der Waals surface area contributed by atoms with Crippen molar-refractivity contribution >= 4 is 62.9 Å². The molecule has 7 rings (SSSR count). The molecule has 0 bridgehead atoms. The SMILES string of the molecule is CCOc1cc(C2C(=C(O)c3nc4c(C)cccn4c3C)C(=O)C(=O)N2c2nnc(SCc3ccccc3Cl)s2)ccc1OCc1ccccc1. The predicted octanol–water partition coefficient (Wildman–Crippen LogP) is 8.35. The van der Waals surface area contributed by atoms with Gasteiger partial charge in [0.1, 0.15) is 17.9 Å². The van der Waals surface area contributed by atoms with Crippen LogP contribution in [0.3, 0.4) is 0 Å².